The van der Waals surface area contributed by atoms with Crippen molar-refractivity contribution in [1.82, 2.24) is 10.3 Å². The number of aromatic nitrogens is 1. The van der Waals surface area contributed by atoms with Crippen LogP contribution >= 0.6 is 34.3 Å². The summed E-state index contributed by atoms with van der Waals surface area (Å²) in [6, 6.07) is 17.9. The van der Waals surface area contributed by atoms with Gasteiger partial charge < -0.3 is 5.32 Å². The molecule has 1 N–H and O–H groups in total. The van der Waals surface area contributed by atoms with Crippen molar-refractivity contribution in [3.05, 3.63) is 74.9 Å². The first-order valence-electron chi connectivity index (χ1n) is 8.17. The van der Waals surface area contributed by atoms with Crippen LogP contribution in [0.3, 0.4) is 0 Å². The van der Waals surface area contributed by atoms with E-state index < -0.39 is 0 Å². The van der Waals surface area contributed by atoms with Crippen molar-refractivity contribution >= 4 is 50.3 Å². The summed E-state index contributed by atoms with van der Waals surface area (Å²) in [6.07, 6.45) is 0.700. The monoisotopic (exact) mass is 398 g/mol. The lowest BCUT2D eigenvalue weighted by Gasteiger charge is -2.02. The Balaban J connectivity index is 1.39. The summed E-state index contributed by atoms with van der Waals surface area (Å²) in [4.78, 5) is 17.7. The van der Waals surface area contributed by atoms with Gasteiger partial charge in [-0.2, -0.15) is 0 Å². The lowest BCUT2D eigenvalue weighted by molar-refractivity contribution is 0.0958. The molecule has 3 nitrogen and oxygen atoms in total. The third kappa shape index (κ3) is 3.51. The van der Waals surface area contributed by atoms with Gasteiger partial charge in [0.2, 0.25) is 0 Å². The topological polar surface area (TPSA) is 42.0 Å². The predicted molar refractivity (Wildman–Crippen MR) is 110 cm³/mol. The van der Waals surface area contributed by atoms with Crippen molar-refractivity contribution in [2.45, 2.75) is 6.42 Å². The molecule has 4 aromatic rings. The Hall–Kier alpha value is -2.21. The number of amides is 1. The van der Waals surface area contributed by atoms with Gasteiger partial charge in [-0.1, -0.05) is 60.1 Å². The van der Waals surface area contributed by atoms with Gasteiger partial charge in [0, 0.05) is 34.0 Å². The van der Waals surface area contributed by atoms with E-state index in [1.807, 2.05) is 54.6 Å². The molecular formula is C20H15ClN2OS2. The number of benzene rings is 2. The van der Waals surface area contributed by atoms with E-state index >= 15 is 0 Å². The molecule has 0 unspecified atom stereocenters. The fraction of sp³-hybridized carbons (Fsp3) is 0.100. The number of rotatable bonds is 5. The molecule has 0 saturated heterocycles. The van der Waals surface area contributed by atoms with Crippen LogP contribution in [-0.4, -0.2) is 17.4 Å². The number of nitrogens with zero attached hydrogens (tertiary/aromatic N) is 1. The maximum absolute atomic E-state index is 12.4. The highest BCUT2D eigenvalue weighted by Gasteiger charge is 2.16. The first kappa shape index (κ1) is 17.2. The molecule has 0 aliphatic carbocycles. The van der Waals surface area contributed by atoms with Gasteiger partial charge >= 0.3 is 0 Å². The molecular weight excluding hydrogens is 384 g/mol. The lowest BCUT2D eigenvalue weighted by atomic mass is 10.2. The Labute approximate surface area is 164 Å². The second-order valence-electron chi connectivity index (χ2n) is 5.74. The second kappa shape index (κ2) is 7.58. The molecule has 0 aliphatic heterocycles. The maximum Gasteiger partial charge on any atom is 0.262 e. The van der Waals surface area contributed by atoms with Gasteiger partial charge in [-0.3, -0.25) is 4.79 Å². The molecule has 1 amide bonds. The number of carbonyl (C=O) groups excluding carboxylic acids is 1. The second-order valence-corrected chi connectivity index (χ2v) is 8.11. The van der Waals surface area contributed by atoms with Gasteiger partial charge in [0.05, 0.1) is 15.7 Å². The van der Waals surface area contributed by atoms with Gasteiger partial charge in [0.1, 0.15) is 4.88 Å². The zero-order valence-corrected chi connectivity index (χ0v) is 16.1. The Morgan fingerprint density at radius 2 is 1.85 bits per heavy atom. The van der Waals surface area contributed by atoms with Crippen molar-refractivity contribution in [1.29, 1.82) is 0 Å². The summed E-state index contributed by atoms with van der Waals surface area (Å²) in [5.74, 6) is -0.129. The molecule has 130 valence electrons. The first-order chi connectivity index (χ1) is 12.7. The maximum atomic E-state index is 12.4. The smallest absolute Gasteiger partial charge is 0.262 e. The number of thiazole rings is 1. The third-order valence-electron chi connectivity index (χ3n) is 3.99. The Bertz CT molecular complexity index is 1060. The predicted octanol–water partition coefficient (Wildman–Crippen LogP) is 5.65. The Morgan fingerprint density at radius 1 is 1.08 bits per heavy atom. The standard InChI is InChI=1S/C20H15ClN2OS2/c21-18-14-8-4-5-9-16(14)26-19(18)20(24)22-11-10-17-23-15(12-25-17)13-6-2-1-3-7-13/h1-9,12H,10-11H2,(H,22,24). The van der Waals surface area contributed by atoms with Crippen molar-refractivity contribution in [3.8, 4) is 11.3 Å². The zero-order valence-electron chi connectivity index (χ0n) is 13.7. The van der Waals surface area contributed by atoms with Crippen LogP contribution in [0.15, 0.2) is 60.0 Å². The van der Waals surface area contributed by atoms with Crippen molar-refractivity contribution < 1.29 is 4.79 Å². The van der Waals surface area contributed by atoms with Crippen LogP contribution in [0.2, 0.25) is 5.02 Å². The van der Waals surface area contributed by atoms with Crippen LogP contribution in [0.25, 0.3) is 21.3 Å². The molecule has 2 aromatic heterocycles. The number of thiophene rings is 1. The molecule has 0 spiro atoms. The minimum Gasteiger partial charge on any atom is -0.351 e. The number of halogens is 1. The number of nitrogens with one attached hydrogen (secondary N) is 1. The molecule has 0 fully saturated rings. The highest BCUT2D eigenvalue weighted by Crippen LogP contribution is 2.34. The van der Waals surface area contributed by atoms with E-state index in [2.05, 4.69) is 15.7 Å². The van der Waals surface area contributed by atoms with Gasteiger partial charge in [-0.25, -0.2) is 4.98 Å². The summed E-state index contributed by atoms with van der Waals surface area (Å²) >= 11 is 9.39. The summed E-state index contributed by atoms with van der Waals surface area (Å²) in [5, 5.41) is 7.47. The molecule has 0 radical (unpaired) electrons. The van der Waals surface area contributed by atoms with Crippen molar-refractivity contribution in [2.24, 2.45) is 0 Å². The average Bonchev–Trinajstić information content (AvgIpc) is 3.28. The molecule has 0 bridgehead atoms. The quantitative estimate of drug-likeness (QED) is 0.472. The summed E-state index contributed by atoms with van der Waals surface area (Å²) in [6.45, 7) is 0.533. The van der Waals surface area contributed by atoms with E-state index in [9.17, 15) is 4.79 Å². The molecule has 4 rings (SSSR count). The average molecular weight is 399 g/mol. The Morgan fingerprint density at radius 3 is 2.65 bits per heavy atom. The molecule has 6 heteroatoms. The number of hydrogen-bond donors (Lipinski definition) is 1. The summed E-state index contributed by atoms with van der Waals surface area (Å²) < 4.78 is 1.02. The largest absolute Gasteiger partial charge is 0.351 e. The normalized spacial score (nSPS) is 11.0. The fourth-order valence-electron chi connectivity index (χ4n) is 2.69. The van der Waals surface area contributed by atoms with Crippen LogP contribution in [-0.2, 0) is 6.42 Å². The van der Waals surface area contributed by atoms with Gasteiger partial charge in [0.15, 0.2) is 0 Å². The van der Waals surface area contributed by atoms with Crippen LogP contribution < -0.4 is 5.32 Å². The van der Waals surface area contributed by atoms with E-state index in [0.29, 0.717) is 22.9 Å². The minimum atomic E-state index is -0.129. The number of fused-ring (bicyclic) bond motifs is 1. The van der Waals surface area contributed by atoms with Crippen molar-refractivity contribution in [3.63, 3.8) is 0 Å². The number of hydrogen-bond acceptors (Lipinski definition) is 4. The number of carbonyl (C=O) groups is 1. The van der Waals surface area contributed by atoms with E-state index in [4.69, 9.17) is 11.6 Å². The fourth-order valence-corrected chi connectivity index (χ4v) is 4.93. The van der Waals surface area contributed by atoms with E-state index in [0.717, 1.165) is 26.4 Å². The van der Waals surface area contributed by atoms with E-state index in [1.165, 1.54) is 11.3 Å². The first-order valence-corrected chi connectivity index (χ1v) is 10.2. The highest BCUT2D eigenvalue weighted by atomic mass is 35.5. The molecule has 0 aliphatic rings. The Kier molecular flexibility index (Phi) is 5.02. The van der Waals surface area contributed by atoms with E-state index in [-0.39, 0.29) is 5.91 Å². The minimum absolute atomic E-state index is 0.129. The van der Waals surface area contributed by atoms with Gasteiger partial charge in [0.25, 0.3) is 5.91 Å². The highest BCUT2D eigenvalue weighted by molar-refractivity contribution is 7.21. The van der Waals surface area contributed by atoms with Gasteiger partial charge in [-0.15, -0.1) is 22.7 Å². The summed E-state index contributed by atoms with van der Waals surface area (Å²) in [5.41, 5.74) is 2.08. The van der Waals surface area contributed by atoms with Crippen LogP contribution in [0.4, 0.5) is 0 Å². The zero-order chi connectivity index (χ0) is 17.9. The van der Waals surface area contributed by atoms with Crippen LogP contribution in [0, 0.1) is 0 Å². The SMILES string of the molecule is O=C(NCCc1nc(-c2ccccc2)cs1)c1sc2ccccc2c1Cl. The van der Waals surface area contributed by atoms with Crippen LogP contribution in [0.1, 0.15) is 14.7 Å². The molecule has 0 saturated carbocycles. The molecule has 2 heterocycles. The third-order valence-corrected chi connectivity index (χ3v) is 6.57. The van der Waals surface area contributed by atoms with Crippen LogP contribution in [0.5, 0.6) is 0 Å². The summed E-state index contributed by atoms with van der Waals surface area (Å²) in [7, 11) is 0. The van der Waals surface area contributed by atoms with E-state index in [1.54, 1.807) is 11.3 Å². The molecule has 26 heavy (non-hydrogen) atoms. The molecule has 0 atom stereocenters. The van der Waals surface area contributed by atoms with Gasteiger partial charge in [-0.05, 0) is 6.07 Å². The van der Waals surface area contributed by atoms with Crippen molar-refractivity contribution in [2.75, 3.05) is 6.54 Å². The lowest BCUT2D eigenvalue weighted by Crippen LogP contribution is -2.25. The molecule has 2 aromatic carbocycles.